The molecule has 44 heavy (non-hydrogen) atoms. The van der Waals surface area contributed by atoms with E-state index in [1.807, 2.05) is 19.1 Å². The highest BCUT2D eigenvalue weighted by molar-refractivity contribution is 8.00. The second-order valence-corrected chi connectivity index (χ2v) is 15.8. The number of Topliss-reactive ketones (excluding diaryl/α,β-unsaturated/α-hetero) is 1. The first-order valence-corrected chi connectivity index (χ1v) is 17.3. The summed E-state index contributed by atoms with van der Waals surface area (Å²) in [6.45, 7) is 13.3. The molecular formula is C34H51N3O6S. The van der Waals surface area contributed by atoms with Gasteiger partial charge in [0.15, 0.2) is 0 Å². The molecule has 0 aromatic carbocycles. The van der Waals surface area contributed by atoms with Crippen LogP contribution in [0.3, 0.4) is 0 Å². The van der Waals surface area contributed by atoms with Crippen molar-refractivity contribution in [2.24, 2.45) is 33.8 Å². The standard InChI is InChI=1S/C34H51N3O6S/c1-20-7-11-34(12-8-21(2)38)19-33(20,6)27(43-28(39)18-44-26-17-42-29-24(35)16-41-30(26)29)15-32(5,31(40)22(34)3)10-9-25-23(4)36-13-14-37-25/h9-10,13-14,20,22,24,26-27,29-31,40H,7-8,11-12,15-19,35H2,1-6H3/b10-9+/t20-,22+,24+,26+,27-,29-,30-,31+,32+,33+,34-/m1/s1. The number of aromatic nitrogens is 2. The van der Waals surface area contributed by atoms with E-state index in [0.29, 0.717) is 32.0 Å². The average Bonchev–Trinajstić information content (AvgIpc) is 3.57. The van der Waals surface area contributed by atoms with Gasteiger partial charge >= 0.3 is 5.97 Å². The van der Waals surface area contributed by atoms with Crippen molar-refractivity contribution in [3.8, 4) is 0 Å². The van der Waals surface area contributed by atoms with E-state index < -0.39 is 17.6 Å². The van der Waals surface area contributed by atoms with E-state index in [2.05, 4.69) is 37.7 Å². The quantitative estimate of drug-likeness (QED) is 0.376. The first-order valence-electron chi connectivity index (χ1n) is 16.2. The Bertz CT molecular complexity index is 1250. The van der Waals surface area contributed by atoms with Crippen LogP contribution in [0.4, 0.5) is 0 Å². The third-order valence-electron chi connectivity index (χ3n) is 11.7. The lowest BCUT2D eigenvalue weighted by Crippen LogP contribution is -2.58. The van der Waals surface area contributed by atoms with Gasteiger partial charge in [-0.15, -0.1) is 11.8 Å². The first-order chi connectivity index (χ1) is 20.8. The van der Waals surface area contributed by atoms with Crippen LogP contribution < -0.4 is 5.73 Å². The van der Waals surface area contributed by atoms with E-state index in [1.54, 1.807) is 19.3 Å². The normalized spacial score (nSPS) is 42.1. The van der Waals surface area contributed by atoms with E-state index in [4.69, 9.17) is 19.9 Å². The Kier molecular flexibility index (Phi) is 9.98. The number of aryl methyl sites for hydroxylation is 1. The number of carbonyl (C=O) groups excluding carboxylic acids is 2. The van der Waals surface area contributed by atoms with Crippen molar-refractivity contribution in [1.82, 2.24) is 9.97 Å². The summed E-state index contributed by atoms with van der Waals surface area (Å²) in [5.74, 6) is 0.324. The zero-order valence-electron chi connectivity index (χ0n) is 27.2. The highest BCUT2D eigenvalue weighted by atomic mass is 32.2. The molecule has 3 N–H and O–H groups in total. The molecule has 3 heterocycles. The van der Waals surface area contributed by atoms with Gasteiger partial charge < -0.3 is 29.8 Å². The Morgan fingerprint density at radius 2 is 1.91 bits per heavy atom. The van der Waals surface area contributed by atoms with Crippen molar-refractivity contribution < 1.29 is 28.9 Å². The summed E-state index contributed by atoms with van der Waals surface area (Å²) in [5.41, 5.74) is 6.38. The van der Waals surface area contributed by atoms with Crippen LogP contribution in [0.1, 0.15) is 84.5 Å². The summed E-state index contributed by atoms with van der Waals surface area (Å²) < 4.78 is 18.3. The van der Waals surface area contributed by atoms with Crippen molar-refractivity contribution in [2.75, 3.05) is 19.0 Å². The van der Waals surface area contributed by atoms with Gasteiger partial charge in [-0.25, -0.2) is 0 Å². The molecular weight excluding hydrogens is 578 g/mol. The molecule has 4 aliphatic rings. The summed E-state index contributed by atoms with van der Waals surface area (Å²) in [6, 6.07) is -0.131. The number of ketones is 1. The molecule has 0 radical (unpaired) electrons. The smallest absolute Gasteiger partial charge is 0.316 e. The highest BCUT2D eigenvalue weighted by Crippen LogP contribution is 2.62. The minimum Gasteiger partial charge on any atom is -0.461 e. The SMILES string of the molecule is CC(=O)CC[C@]12CC[C@@H](C)[C@](C)(C1)[C@H](OC(=O)CS[C@H]1CO[C@H]3[C@@H]1OC[C@@H]3N)C[C@](C)(/C=C/c1nccnc1C)[C@@H](O)[C@@H]2C. The molecule has 4 fully saturated rings. The zero-order valence-corrected chi connectivity index (χ0v) is 28.0. The fraction of sp³-hybridized carbons (Fsp3) is 0.765. The van der Waals surface area contributed by atoms with E-state index in [-0.39, 0.29) is 57.8 Å². The van der Waals surface area contributed by atoms with Crippen molar-refractivity contribution >= 4 is 29.6 Å². The van der Waals surface area contributed by atoms with E-state index >= 15 is 0 Å². The van der Waals surface area contributed by atoms with Crippen LogP contribution in [-0.4, -0.2) is 81.5 Å². The molecule has 2 aliphatic carbocycles. The minimum absolute atomic E-state index is 0.0351. The maximum Gasteiger partial charge on any atom is 0.316 e. The molecule has 2 saturated carbocycles. The number of rotatable bonds is 9. The van der Waals surface area contributed by atoms with Crippen molar-refractivity contribution in [1.29, 1.82) is 0 Å². The van der Waals surface area contributed by atoms with Crippen molar-refractivity contribution in [3.63, 3.8) is 0 Å². The lowest BCUT2D eigenvalue weighted by molar-refractivity contribution is -0.187. The molecule has 244 valence electrons. The zero-order chi connectivity index (χ0) is 31.9. The Morgan fingerprint density at radius 3 is 2.64 bits per heavy atom. The molecule has 10 heteroatoms. The topological polar surface area (TPSA) is 134 Å². The van der Waals surface area contributed by atoms with Crippen LogP contribution in [0, 0.1) is 35.0 Å². The Hall–Kier alpha value is -1.85. The monoisotopic (exact) mass is 629 g/mol. The fourth-order valence-electron chi connectivity index (χ4n) is 8.40. The first kappa shape index (κ1) is 33.5. The lowest BCUT2D eigenvalue weighted by atomic mass is 9.47. The van der Waals surface area contributed by atoms with Gasteiger partial charge in [-0.1, -0.05) is 33.8 Å². The Labute approximate surface area is 266 Å². The number of nitrogens with zero attached hydrogens (tertiary/aromatic N) is 2. The lowest BCUT2D eigenvalue weighted by Gasteiger charge is -2.60. The van der Waals surface area contributed by atoms with Crippen LogP contribution >= 0.6 is 11.8 Å². The summed E-state index contributed by atoms with van der Waals surface area (Å²) in [5, 5.41) is 12.2. The number of hydrogen-bond acceptors (Lipinski definition) is 10. The number of fused-ring (bicyclic) bond motifs is 3. The number of thioether (sulfide) groups is 1. The maximum atomic E-state index is 13.6. The molecule has 9 nitrogen and oxygen atoms in total. The number of aliphatic hydroxyl groups excluding tert-OH is 1. The highest BCUT2D eigenvalue weighted by Gasteiger charge is 2.59. The van der Waals surface area contributed by atoms with Crippen LogP contribution in [0.25, 0.3) is 6.08 Å². The molecule has 2 aliphatic heterocycles. The van der Waals surface area contributed by atoms with Gasteiger partial charge in [0.2, 0.25) is 0 Å². The van der Waals surface area contributed by atoms with E-state index in [1.165, 1.54) is 11.8 Å². The Balaban J connectivity index is 1.44. The summed E-state index contributed by atoms with van der Waals surface area (Å²) >= 11 is 1.52. The van der Waals surface area contributed by atoms with Gasteiger partial charge in [0.05, 0.1) is 53.9 Å². The third-order valence-corrected chi connectivity index (χ3v) is 12.9. The van der Waals surface area contributed by atoms with Crippen LogP contribution in [0.5, 0.6) is 0 Å². The number of esters is 1. The largest absolute Gasteiger partial charge is 0.461 e. The molecule has 2 bridgehead atoms. The van der Waals surface area contributed by atoms with Crippen molar-refractivity contribution in [2.45, 2.75) is 116 Å². The maximum absolute atomic E-state index is 13.6. The van der Waals surface area contributed by atoms with Gasteiger partial charge in [-0.3, -0.25) is 14.8 Å². The van der Waals surface area contributed by atoms with Gasteiger partial charge in [-0.05, 0) is 69.3 Å². The molecule has 5 rings (SSSR count). The van der Waals surface area contributed by atoms with Crippen LogP contribution in [0.15, 0.2) is 18.5 Å². The van der Waals surface area contributed by atoms with Crippen molar-refractivity contribution in [3.05, 3.63) is 29.9 Å². The number of carbonyl (C=O) groups is 2. The van der Waals surface area contributed by atoms with Gasteiger partial charge in [0.25, 0.3) is 0 Å². The molecule has 0 amide bonds. The number of nitrogens with two attached hydrogens (primary N) is 1. The predicted molar refractivity (Wildman–Crippen MR) is 171 cm³/mol. The summed E-state index contributed by atoms with van der Waals surface area (Å²) in [6.07, 6.45) is 10.3. The molecule has 1 aromatic heterocycles. The number of aliphatic hydroxyl groups is 1. The molecule has 1 aromatic rings. The fourth-order valence-corrected chi connectivity index (χ4v) is 9.41. The summed E-state index contributed by atoms with van der Waals surface area (Å²) in [4.78, 5) is 34.7. The van der Waals surface area contributed by atoms with Gasteiger partial charge in [0.1, 0.15) is 18.0 Å². The van der Waals surface area contributed by atoms with E-state index in [9.17, 15) is 14.7 Å². The minimum atomic E-state index is -0.720. The molecule has 0 unspecified atom stereocenters. The van der Waals surface area contributed by atoms with Gasteiger partial charge in [-0.2, -0.15) is 0 Å². The molecule has 11 atom stereocenters. The number of hydrogen-bond donors (Lipinski definition) is 2. The Morgan fingerprint density at radius 1 is 1.18 bits per heavy atom. The average molecular weight is 630 g/mol. The van der Waals surface area contributed by atoms with Crippen LogP contribution in [0.2, 0.25) is 0 Å². The van der Waals surface area contributed by atoms with Gasteiger partial charge in [0, 0.05) is 29.6 Å². The van der Waals surface area contributed by atoms with Crippen LogP contribution in [-0.2, 0) is 23.8 Å². The van der Waals surface area contributed by atoms with E-state index in [0.717, 1.165) is 37.1 Å². The second-order valence-electron chi connectivity index (χ2n) is 14.6. The summed E-state index contributed by atoms with van der Waals surface area (Å²) in [7, 11) is 0. The molecule has 0 spiro atoms. The second kappa shape index (κ2) is 13.1. The third kappa shape index (κ3) is 6.52. The number of ether oxygens (including phenoxy) is 3. The predicted octanol–water partition coefficient (Wildman–Crippen LogP) is 4.53. The molecule has 2 saturated heterocycles.